The zero-order chi connectivity index (χ0) is 18.2. The molecule has 23 heavy (non-hydrogen) atoms. The summed E-state index contributed by atoms with van der Waals surface area (Å²) in [5.41, 5.74) is 5.75. The van der Waals surface area contributed by atoms with Crippen molar-refractivity contribution in [2.24, 2.45) is 11.7 Å². The molecule has 0 radical (unpaired) electrons. The first-order chi connectivity index (χ1) is 10.6. The summed E-state index contributed by atoms with van der Waals surface area (Å²) in [6, 6.07) is -3.52. The van der Waals surface area contributed by atoms with Crippen LogP contribution < -0.4 is 16.4 Å². The molecule has 0 saturated carbocycles. The Morgan fingerprint density at radius 3 is 2.00 bits per heavy atom. The molecule has 0 aromatic heterocycles. The van der Waals surface area contributed by atoms with Crippen LogP contribution in [0.1, 0.15) is 26.7 Å². The van der Waals surface area contributed by atoms with E-state index in [-0.39, 0.29) is 11.7 Å². The smallest absolute Gasteiger partial charge is 0.326 e. The van der Waals surface area contributed by atoms with Crippen LogP contribution in [0.2, 0.25) is 0 Å². The van der Waals surface area contributed by atoms with Crippen LogP contribution >= 0.6 is 12.6 Å². The second-order valence-electron chi connectivity index (χ2n) is 5.15. The summed E-state index contributed by atoms with van der Waals surface area (Å²) in [6.45, 7) is 3.65. The van der Waals surface area contributed by atoms with Crippen molar-refractivity contribution in [3.8, 4) is 0 Å². The fraction of sp³-hybridized carbons (Fsp3) is 0.692. The van der Waals surface area contributed by atoms with E-state index in [1.54, 1.807) is 6.92 Å². The predicted molar refractivity (Wildman–Crippen MR) is 85.0 cm³/mol. The van der Waals surface area contributed by atoms with Crippen molar-refractivity contribution in [3.05, 3.63) is 0 Å². The number of carbonyl (C=O) groups excluding carboxylic acids is 2. The second-order valence-corrected chi connectivity index (χ2v) is 5.52. The first-order valence-corrected chi connectivity index (χ1v) is 7.69. The summed E-state index contributed by atoms with van der Waals surface area (Å²) in [6.07, 6.45) is -0.104. The van der Waals surface area contributed by atoms with Gasteiger partial charge in [0.15, 0.2) is 0 Å². The van der Waals surface area contributed by atoms with Crippen molar-refractivity contribution in [2.45, 2.75) is 44.8 Å². The molecule has 0 aromatic carbocycles. The number of aliphatic carboxylic acids is 2. The molecule has 0 unspecified atom stereocenters. The number of nitrogens with one attached hydrogen (secondary N) is 2. The third-order valence-corrected chi connectivity index (χ3v) is 3.73. The summed E-state index contributed by atoms with van der Waals surface area (Å²) in [5, 5.41) is 22.0. The maximum Gasteiger partial charge on any atom is 0.326 e. The summed E-state index contributed by atoms with van der Waals surface area (Å²) < 4.78 is 0. The zero-order valence-electron chi connectivity index (χ0n) is 13.0. The Balaban J connectivity index is 4.82. The van der Waals surface area contributed by atoms with Crippen molar-refractivity contribution in [1.82, 2.24) is 10.6 Å². The van der Waals surface area contributed by atoms with E-state index in [0.29, 0.717) is 6.42 Å². The number of carboxylic acid groups (broad SMARTS) is 2. The standard InChI is InChI=1S/C13H23N3O6S/c1-3-6(2)10(14)12(20)16-8(5-23)11(19)15-7(13(21)22)4-9(17)18/h6-8,10,23H,3-5,14H2,1-2H3,(H,15,19)(H,16,20)(H,17,18)(H,21,22)/t6-,7-,8-,10-/m0/s1. The summed E-state index contributed by atoms with van der Waals surface area (Å²) in [4.78, 5) is 45.5. The topological polar surface area (TPSA) is 159 Å². The maximum atomic E-state index is 12.0. The first kappa shape index (κ1) is 21.2. The van der Waals surface area contributed by atoms with Crippen molar-refractivity contribution >= 4 is 36.4 Å². The lowest BCUT2D eigenvalue weighted by atomic mass is 9.99. The summed E-state index contributed by atoms with van der Waals surface area (Å²) in [5.74, 6) is -4.44. The average molecular weight is 349 g/mol. The Bertz CT molecular complexity index is 459. The van der Waals surface area contributed by atoms with Crippen molar-refractivity contribution < 1.29 is 29.4 Å². The molecule has 0 saturated heterocycles. The minimum absolute atomic E-state index is 0.0930. The van der Waals surface area contributed by atoms with Gasteiger partial charge < -0.3 is 26.6 Å². The predicted octanol–water partition coefficient (Wildman–Crippen LogP) is -1.18. The lowest BCUT2D eigenvalue weighted by molar-refractivity contribution is -0.147. The Morgan fingerprint density at radius 2 is 1.61 bits per heavy atom. The lowest BCUT2D eigenvalue weighted by Gasteiger charge is -2.23. The fourth-order valence-electron chi connectivity index (χ4n) is 1.62. The van der Waals surface area contributed by atoms with E-state index in [1.165, 1.54) is 0 Å². The monoisotopic (exact) mass is 349 g/mol. The maximum absolute atomic E-state index is 12.0. The van der Waals surface area contributed by atoms with E-state index < -0.39 is 48.3 Å². The largest absolute Gasteiger partial charge is 0.481 e. The highest BCUT2D eigenvalue weighted by atomic mass is 32.1. The Labute approximate surface area is 139 Å². The highest BCUT2D eigenvalue weighted by Gasteiger charge is 2.29. The van der Waals surface area contributed by atoms with Gasteiger partial charge in [0.05, 0.1) is 12.5 Å². The third kappa shape index (κ3) is 7.33. The molecule has 0 aliphatic rings. The highest BCUT2D eigenvalue weighted by Crippen LogP contribution is 2.06. The number of carboxylic acids is 2. The van der Waals surface area contributed by atoms with Crippen LogP contribution in [-0.2, 0) is 19.2 Å². The molecule has 10 heteroatoms. The molecule has 0 aliphatic carbocycles. The van der Waals surface area contributed by atoms with Crippen LogP contribution in [-0.4, -0.2) is 57.8 Å². The quantitative estimate of drug-likeness (QED) is 0.271. The Morgan fingerprint density at radius 1 is 1.09 bits per heavy atom. The van der Waals surface area contributed by atoms with Gasteiger partial charge in [0.25, 0.3) is 0 Å². The van der Waals surface area contributed by atoms with Gasteiger partial charge in [-0.3, -0.25) is 14.4 Å². The summed E-state index contributed by atoms with van der Waals surface area (Å²) >= 11 is 3.94. The van der Waals surface area contributed by atoms with Crippen LogP contribution in [0.25, 0.3) is 0 Å². The van der Waals surface area contributed by atoms with Gasteiger partial charge in [-0.2, -0.15) is 12.6 Å². The molecule has 0 rings (SSSR count). The number of amides is 2. The molecular formula is C13H23N3O6S. The molecule has 0 fully saturated rings. The molecule has 9 nitrogen and oxygen atoms in total. The molecule has 132 valence electrons. The van der Waals surface area contributed by atoms with Gasteiger partial charge in [-0.25, -0.2) is 4.79 Å². The average Bonchev–Trinajstić information content (AvgIpc) is 2.49. The van der Waals surface area contributed by atoms with E-state index >= 15 is 0 Å². The third-order valence-electron chi connectivity index (χ3n) is 3.37. The minimum atomic E-state index is -1.59. The molecule has 6 N–H and O–H groups in total. The van der Waals surface area contributed by atoms with Crippen LogP contribution in [0.5, 0.6) is 0 Å². The number of hydrogen-bond acceptors (Lipinski definition) is 6. The zero-order valence-corrected chi connectivity index (χ0v) is 13.9. The van der Waals surface area contributed by atoms with E-state index in [1.807, 2.05) is 6.92 Å². The molecule has 0 aliphatic heterocycles. The highest BCUT2D eigenvalue weighted by molar-refractivity contribution is 7.80. The molecular weight excluding hydrogens is 326 g/mol. The normalized spacial score (nSPS) is 15.8. The van der Waals surface area contributed by atoms with Crippen molar-refractivity contribution in [2.75, 3.05) is 5.75 Å². The Kier molecular flexibility index (Phi) is 9.27. The van der Waals surface area contributed by atoms with E-state index in [9.17, 15) is 19.2 Å². The number of rotatable bonds is 10. The number of hydrogen-bond donors (Lipinski definition) is 6. The van der Waals surface area contributed by atoms with Crippen LogP contribution in [0.4, 0.5) is 0 Å². The number of carbonyl (C=O) groups is 4. The molecule has 0 heterocycles. The minimum Gasteiger partial charge on any atom is -0.481 e. The fourth-order valence-corrected chi connectivity index (χ4v) is 1.88. The van der Waals surface area contributed by atoms with Gasteiger partial charge in [0.1, 0.15) is 12.1 Å². The second kappa shape index (κ2) is 10.1. The van der Waals surface area contributed by atoms with Crippen LogP contribution in [0.3, 0.4) is 0 Å². The van der Waals surface area contributed by atoms with Gasteiger partial charge in [-0.15, -0.1) is 0 Å². The van der Waals surface area contributed by atoms with Crippen LogP contribution in [0, 0.1) is 5.92 Å². The first-order valence-electron chi connectivity index (χ1n) is 7.05. The van der Waals surface area contributed by atoms with Crippen molar-refractivity contribution in [3.63, 3.8) is 0 Å². The van der Waals surface area contributed by atoms with Crippen LogP contribution in [0.15, 0.2) is 0 Å². The van der Waals surface area contributed by atoms with Gasteiger partial charge >= 0.3 is 11.9 Å². The Hall–Kier alpha value is -1.81. The lowest BCUT2D eigenvalue weighted by Crippen LogP contribution is -2.56. The number of nitrogens with two attached hydrogens (primary N) is 1. The SMILES string of the molecule is CC[C@H](C)[C@H](N)C(=O)N[C@@H](CS)C(=O)N[C@@H](CC(=O)O)C(=O)O. The molecule has 0 bridgehead atoms. The molecule has 2 amide bonds. The van der Waals surface area contributed by atoms with E-state index in [0.717, 1.165) is 0 Å². The summed E-state index contributed by atoms with van der Waals surface area (Å²) in [7, 11) is 0. The van der Waals surface area contributed by atoms with Gasteiger partial charge in [0.2, 0.25) is 11.8 Å². The van der Waals surface area contributed by atoms with E-state index in [2.05, 4.69) is 23.3 Å². The molecule has 0 spiro atoms. The number of thiol groups is 1. The van der Waals surface area contributed by atoms with E-state index in [4.69, 9.17) is 15.9 Å². The van der Waals surface area contributed by atoms with Gasteiger partial charge in [0, 0.05) is 5.75 Å². The van der Waals surface area contributed by atoms with Crippen molar-refractivity contribution in [1.29, 1.82) is 0 Å². The van der Waals surface area contributed by atoms with Gasteiger partial charge in [-0.1, -0.05) is 20.3 Å². The molecule has 4 atom stereocenters. The van der Waals surface area contributed by atoms with Gasteiger partial charge in [-0.05, 0) is 5.92 Å². The molecule has 0 aromatic rings.